The van der Waals surface area contributed by atoms with Gasteiger partial charge in [-0.25, -0.2) is 4.98 Å². The molecule has 0 spiro atoms. The fourth-order valence-electron chi connectivity index (χ4n) is 2.89. The van der Waals surface area contributed by atoms with Crippen molar-refractivity contribution in [2.75, 3.05) is 13.1 Å². The third kappa shape index (κ3) is 6.03. The summed E-state index contributed by atoms with van der Waals surface area (Å²) in [6.45, 7) is 3.69. The van der Waals surface area contributed by atoms with Gasteiger partial charge in [-0.15, -0.1) is 24.8 Å². The molecule has 5 nitrogen and oxygen atoms in total. The van der Waals surface area contributed by atoms with E-state index in [1.165, 1.54) is 6.42 Å². The predicted octanol–water partition coefficient (Wildman–Crippen LogP) is 3.29. The Hall–Kier alpha value is -1.56. The summed E-state index contributed by atoms with van der Waals surface area (Å²) in [5.74, 6) is 1.46. The summed E-state index contributed by atoms with van der Waals surface area (Å²) in [5.41, 5.74) is 1.88. The van der Waals surface area contributed by atoms with Gasteiger partial charge in [-0.3, -0.25) is 4.79 Å². The van der Waals surface area contributed by atoms with Crippen molar-refractivity contribution >= 4 is 30.7 Å². The second kappa shape index (κ2) is 10.4. The molecule has 25 heavy (non-hydrogen) atoms. The monoisotopic (exact) mass is 385 g/mol. The van der Waals surface area contributed by atoms with Crippen LogP contribution in [0.15, 0.2) is 34.7 Å². The van der Waals surface area contributed by atoms with Gasteiger partial charge < -0.3 is 15.1 Å². The van der Waals surface area contributed by atoms with Crippen molar-refractivity contribution in [2.45, 2.75) is 38.6 Å². The molecule has 1 saturated heterocycles. The van der Waals surface area contributed by atoms with Crippen molar-refractivity contribution in [3.05, 3.63) is 41.9 Å². The number of amides is 1. The van der Waals surface area contributed by atoms with Gasteiger partial charge in [0, 0.05) is 31.0 Å². The summed E-state index contributed by atoms with van der Waals surface area (Å²) in [5, 5.41) is 6.35. The first-order valence-corrected chi connectivity index (χ1v) is 8.24. The van der Waals surface area contributed by atoms with Crippen LogP contribution in [-0.4, -0.2) is 30.0 Å². The molecule has 1 aromatic heterocycles. The lowest BCUT2D eigenvalue weighted by Gasteiger charge is -2.10. The highest BCUT2D eigenvalue weighted by Crippen LogP contribution is 2.24. The molecule has 1 unspecified atom stereocenters. The van der Waals surface area contributed by atoms with Crippen molar-refractivity contribution in [1.29, 1.82) is 0 Å². The zero-order valence-corrected chi connectivity index (χ0v) is 15.9. The minimum atomic E-state index is 0. The van der Waals surface area contributed by atoms with E-state index in [0.29, 0.717) is 31.3 Å². The Labute approximate surface area is 160 Å². The van der Waals surface area contributed by atoms with Crippen molar-refractivity contribution < 1.29 is 9.21 Å². The molecule has 1 aliphatic rings. The number of nitrogens with one attached hydrogen (secondary N) is 2. The Morgan fingerprint density at radius 1 is 1.32 bits per heavy atom. The summed E-state index contributed by atoms with van der Waals surface area (Å²) >= 11 is 0. The van der Waals surface area contributed by atoms with E-state index in [4.69, 9.17) is 4.42 Å². The lowest BCUT2D eigenvalue weighted by Crippen LogP contribution is -2.37. The average Bonchev–Trinajstić information content (AvgIpc) is 3.21. The van der Waals surface area contributed by atoms with E-state index >= 15 is 0 Å². The fourth-order valence-corrected chi connectivity index (χ4v) is 2.89. The largest absolute Gasteiger partial charge is 0.440 e. The van der Waals surface area contributed by atoms with Crippen molar-refractivity contribution in [3.63, 3.8) is 0 Å². The van der Waals surface area contributed by atoms with Gasteiger partial charge in [0.2, 0.25) is 5.91 Å². The van der Waals surface area contributed by atoms with Gasteiger partial charge in [-0.1, -0.05) is 30.3 Å². The Bertz CT molecular complexity index is 656. The van der Waals surface area contributed by atoms with E-state index in [1.807, 2.05) is 37.3 Å². The van der Waals surface area contributed by atoms with E-state index in [2.05, 4.69) is 15.6 Å². The molecule has 1 aliphatic heterocycles. The number of rotatable bonds is 6. The minimum absolute atomic E-state index is 0. The van der Waals surface area contributed by atoms with Crippen LogP contribution in [0.5, 0.6) is 0 Å². The Kier molecular flexibility index (Phi) is 8.97. The molecule has 0 bridgehead atoms. The number of carbonyl (C=O) groups excluding carboxylic acids is 1. The summed E-state index contributed by atoms with van der Waals surface area (Å²) in [7, 11) is 0. The van der Waals surface area contributed by atoms with E-state index in [0.717, 1.165) is 30.0 Å². The van der Waals surface area contributed by atoms with Crippen molar-refractivity contribution in [1.82, 2.24) is 15.6 Å². The SMILES string of the molecule is Cc1nc(CCC(=O)NCC2CCCN2)oc1-c1ccccc1.Cl.Cl. The van der Waals surface area contributed by atoms with Gasteiger partial charge >= 0.3 is 0 Å². The number of nitrogens with zero attached hydrogens (tertiary/aromatic N) is 1. The topological polar surface area (TPSA) is 67.2 Å². The minimum Gasteiger partial charge on any atom is -0.440 e. The lowest BCUT2D eigenvalue weighted by molar-refractivity contribution is -0.121. The first-order valence-electron chi connectivity index (χ1n) is 8.24. The number of halogens is 2. The molecule has 0 saturated carbocycles. The summed E-state index contributed by atoms with van der Waals surface area (Å²) in [4.78, 5) is 16.4. The van der Waals surface area contributed by atoms with Crippen molar-refractivity contribution in [3.8, 4) is 11.3 Å². The highest BCUT2D eigenvalue weighted by atomic mass is 35.5. The van der Waals surface area contributed by atoms with Crippen LogP contribution in [-0.2, 0) is 11.2 Å². The number of hydrogen-bond donors (Lipinski definition) is 2. The normalized spacial score (nSPS) is 16.0. The molecule has 1 atom stereocenters. The lowest BCUT2D eigenvalue weighted by atomic mass is 10.1. The first kappa shape index (κ1) is 21.5. The van der Waals surface area contributed by atoms with E-state index < -0.39 is 0 Å². The standard InChI is InChI=1S/C18H23N3O2.2ClH/c1-13-18(14-6-3-2-4-7-14)23-17(21-13)10-9-16(22)20-12-15-8-5-11-19-15;;/h2-4,6-7,15,19H,5,8-12H2,1H3,(H,20,22);2*1H. The fraction of sp³-hybridized carbons (Fsp3) is 0.444. The van der Waals surface area contributed by atoms with Gasteiger partial charge in [0.25, 0.3) is 0 Å². The van der Waals surface area contributed by atoms with E-state index in [-0.39, 0.29) is 30.7 Å². The van der Waals surface area contributed by atoms with Gasteiger partial charge in [0.05, 0.1) is 5.69 Å². The highest BCUT2D eigenvalue weighted by Gasteiger charge is 2.16. The molecule has 138 valence electrons. The number of oxazole rings is 1. The molecule has 2 heterocycles. The van der Waals surface area contributed by atoms with Crippen LogP contribution in [0, 0.1) is 6.92 Å². The molecular weight excluding hydrogens is 361 g/mol. The van der Waals surface area contributed by atoms with E-state index in [1.54, 1.807) is 0 Å². The number of aromatic nitrogens is 1. The average molecular weight is 386 g/mol. The van der Waals surface area contributed by atoms with Gasteiger partial charge in [-0.2, -0.15) is 0 Å². The number of benzene rings is 1. The number of aryl methyl sites for hydroxylation is 2. The smallest absolute Gasteiger partial charge is 0.220 e. The molecule has 1 fully saturated rings. The molecule has 2 N–H and O–H groups in total. The van der Waals surface area contributed by atoms with Crippen LogP contribution in [0.4, 0.5) is 0 Å². The zero-order chi connectivity index (χ0) is 16.1. The zero-order valence-electron chi connectivity index (χ0n) is 14.3. The molecular formula is C18H25Cl2N3O2. The predicted molar refractivity (Wildman–Crippen MR) is 104 cm³/mol. The van der Waals surface area contributed by atoms with Gasteiger partial charge in [0.1, 0.15) is 0 Å². The van der Waals surface area contributed by atoms with Crippen LogP contribution in [0.3, 0.4) is 0 Å². The third-order valence-corrected chi connectivity index (χ3v) is 4.15. The van der Waals surface area contributed by atoms with Crippen LogP contribution in [0.2, 0.25) is 0 Å². The molecule has 2 aromatic rings. The van der Waals surface area contributed by atoms with Gasteiger partial charge in [-0.05, 0) is 26.3 Å². The Morgan fingerprint density at radius 3 is 2.76 bits per heavy atom. The van der Waals surface area contributed by atoms with Crippen LogP contribution >= 0.6 is 24.8 Å². The number of carbonyl (C=O) groups is 1. The first-order chi connectivity index (χ1) is 11.2. The molecule has 0 aliphatic carbocycles. The van der Waals surface area contributed by atoms with Crippen molar-refractivity contribution in [2.24, 2.45) is 0 Å². The molecule has 1 amide bonds. The van der Waals surface area contributed by atoms with Gasteiger partial charge in [0.15, 0.2) is 11.7 Å². The van der Waals surface area contributed by atoms with Crippen LogP contribution < -0.4 is 10.6 Å². The molecule has 3 rings (SSSR count). The summed E-state index contributed by atoms with van der Waals surface area (Å²) in [6.07, 6.45) is 3.26. The molecule has 7 heteroatoms. The third-order valence-electron chi connectivity index (χ3n) is 4.15. The van der Waals surface area contributed by atoms with Crippen LogP contribution in [0.1, 0.15) is 30.8 Å². The quantitative estimate of drug-likeness (QED) is 0.800. The van der Waals surface area contributed by atoms with E-state index in [9.17, 15) is 4.79 Å². The summed E-state index contributed by atoms with van der Waals surface area (Å²) < 4.78 is 5.83. The Balaban J connectivity index is 0.00000156. The Morgan fingerprint density at radius 2 is 2.08 bits per heavy atom. The highest BCUT2D eigenvalue weighted by molar-refractivity contribution is 5.85. The molecule has 1 aromatic carbocycles. The molecule has 0 radical (unpaired) electrons. The number of hydrogen-bond acceptors (Lipinski definition) is 4. The second-order valence-corrected chi connectivity index (χ2v) is 5.99. The second-order valence-electron chi connectivity index (χ2n) is 5.99. The maximum Gasteiger partial charge on any atom is 0.220 e. The maximum absolute atomic E-state index is 11.9. The maximum atomic E-state index is 11.9. The summed E-state index contributed by atoms with van der Waals surface area (Å²) in [6, 6.07) is 10.3. The van der Waals surface area contributed by atoms with Crippen LogP contribution in [0.25, 0.3) is 11.3 Å².